The molecular weight excluding hydrogens is 302 g/mol. The summed E-state index contributed by atoms with van der Waals surface area (Å²) in [5.41, 5.74) is 1.47. The Balaban J connectivity index is 2.10. The fourth-order valence-electron chi connectivity index (χ4n) is 1.59. The van der Waals surface area contributed by atoms with Crippen molar-refractivity contribution in [1.82, 2.24) is 0 Å². The van der Waals surface area contributed by atoms with E-state index in [1.54, 1.807) is 42.1 Å². The Kier molecular flexibility index (Phi) is 5.19. The van der Waals surface area contributed by atoms with Crippen LogP contribution in [-0.2, 0) is 5.75 Å². The van der Waals surface area contributed by atoms with E-state index in [0.717, 1.165) is 10.5 Å². The molecule has 0 spiro atoms. The molecule has 98 valence electrons. The SMILES string of the molecule is OB(O)c1cccc(CSc2cc(Cl)ccc2Cl)c1. The van der Waals surface area contributed by atoms with Gasteiger partial charge >= 0.3 is 7.12 Å². The van der Waals surface area contributed by atoms with Crippen LogP contribution in [0.1, 0.15) is 5.56 Å². The standard InChI is InChI=1S/C13H11BCl2O2S/c15-11-4-5-12(16)13(7-11)19-8-9-2-1-3-10(6-9)14(17)18/h1-7,17-18H,8H2. The fourth-order valence-corrected chi connectivity index (χ4v) is 3.03. The molecule has 2 rings (SSSR count). The first-order chi connectivity index (χ1) is 9.06. The highest BCUT2D eigenvalue weighted by atomic mass is 35.5. The first-order valence-electron chi connectivity index (χ1n) is 5.59. The van der Waals surface area contributed by atoms with Gasteiger partial charge < -0.3 is 10.0 Å². The van der Waals surface area contributed by atoms with Crippen molar-refractivity contribution in [2.75, 3.05) is 0 Å². The van der Waals surface area contributed by atoms with E-state index in [2.05, 4.69) is 0 Å². The topological polar surface area (TPSA) is 40.5 Å². The number of hydrogen-bond acceptors (Lipinski definition) is 3. The zero-order valence-electron chi connectivity index (χ0n) is 9.88. The smallest absolute Gasteiger partial charge is 0.423 e. The number of halogens is 2. The van der Waals surface area contributed by atoms with Crippen LogP contribution in [0.25, 0.3) is 0 Å². The summed E-state index contributed by atoms with van der Waals surface area (Å²) in [5, 5.41) is 19.6. The maximum absolute atomic E-state index is 9.12. The molecule has 19 heavy (non-hydrogen) atoms. The van der Waals surface area contributed by atoms with Gasteiger partial charge in [-0.3, -0.25) is 0 Å². The van der Waals surface area contributed by atoms with Gasteiger partial charge in [0.1, 0.15) is 0 Å². The quantitative estimate of drug-likeness (QED) is 0.673. The van der Waals surface area contributed by atoms with Crippen molar-refractivity contribution >= 4 is 47.5 Å². The second-order valence-corrected chi connectivity index (χ2v) is 5.84. The van der Waals surface area contributed by atoms with Gasteiger partial charge in [0, 0.05) is 15.7 Å². The lowest BCUT2D eigenvalue weighted by Gasteiger charge is -2.06. The van der Waals surface area contributed by atoms with E-state index >= 15 is 0 Å². The number of hydrogen-bond donors (Lipinski definition) is 2. The lowest BCUT2D eigenvalue weighted by atomic mass is 9.80. The average Bonchev–Trinajstić information content (AvgIpc) is 2.40. The van der Waals surface area contributed by atoms with E-state index in [1.807, 2.05) is 12.1 Å². The molecule has 0 aliphatic rings. The van der Waals surface area contributed by atoms with Gasteiger partial charge in [0.05, 0.1) is 5.02 Å². The zero-order valence-corrected chi connectivity index (χ0v) is 12.2. The van der Waals surface area contributed by atoms with Crippen molar-refractivity contribution in [3.63, 3.8) is 0 Å². The third kappa shape index (κ3) is 4.16. The molecule has 0 unspecified atom stereocenters. The van der Waals surface area contributed by atoms with Crippen molar-refractivity contribution in [2.45, 2.75) is 10.6 Å². The molecule has 0 fully saturated rings. The lowest BCUT2D eigenvalue weighted by molar-refractivity contribution is 0.425. The molecule has 0 heterocycles. The van der Waals surface area contributed by atoms with E-state index in [-0.39, 0.29) is 0 Å². The highest BCUT2D eigenvalue weighted by Crippen LogP contribution is 2.31. The maximum Gasteiger partial charge on any atom is 0.488 e. The Morgan fingerprint density at radius 1 is 1.05 bits per heavy atom. The van der Waals surface area contributed by atoms with Gasteiger partial charge in [-0.15, -0.1) is 11.8 Å². The zero-order chi connectivity index (χ0) is 13.8. The molecule has 0 aromatic heterocycles. The van der Waals surface area contributed by atoms with Crippen molar-refractivity contribution in [3.05, 3.63) is 58.1 Å². The summed E-state index contributed by atoms with van der Waals surface area (Å²) in [6.07, 6.45) is 0. The molecule has 0 bridgehead atoms. The van der Waals surface area contributed by atoms with Crippen LogP contribution in [0.4, 0.5) is 0 Å². The first-order valence-corrected chi connectivity index (χ1v) is 7.33. The van der Waals surface area contributed by atoms with E-state index in [0.29, 0.717) is 21.3 Å². The Bertz CT molecular complexity index is 578. The van der Waals surface area contributed by atoms with Crippen molar-refractivity contribution in [2.24, 2.45) is 0 Å². The molecule has 2 N–H and O–H groups in total. The fraction of sp³-hybridized carbons (Fsp3) is 0.0769. The monoisotopic (exact) mass is 312 g/mol. The first kappa shape index (κ1) is 14.8. The molecule has 2 aromatic carbocycles. The van der Waals surface area contributed by atoms with Crippen LogP contribution in [-0.4, -0.2) is 17.2 Å². The summed E-state index contributed by atoms with van der Waals surface area (Å²) >= 11 is 13.6. The maximum atomic E-state index is 9.12. The van der Waals surface area contributed by atoms with Gasteiger partial charge in [-0.05, 0) is 29.2 Å². The third-order valence-electron chi connectivity index (χ3n) is 2.54. The molecule has 0 radical (unpaired) electrons. The summed E-state index contributed by atoms with van der Waals surface area (Å²) in [4.78, 5) is 0.907. The highest BCUT2D eigenvalue weighted by Gasteiger charge is 2.11. The number of rotatable bonds is 4. The van der Waals surface area contributed by atoms with Crippen LogP contribution in [0.15, 0.2) is 47.4 Å². The van der Waals surface area contributed by atoms with Gasteiger partial charge in [-0.25, -0.2) is 0 Å². The van der Waals surface area contributed by atoms with Crippen LogP contribution in [0.2, 0.25) is 10.0 Å². The Morgan fingerprint density at radius 3 is 2.58 bits per heavy atom. The Morgan fingerprint density at radius 2 is 1.84 bits per heavy atom. The summed E-state index contributed by atoms with van der Waals surface area (Å²) in [6.45, 7) is 0. The van der Waals surface area contributed by atoms with Crippen LogP contribution in [0, 0.1) is 0 Å². The molecule has 0 amide bonds. The van der Waals surface area contributed by atoms with Gasteiger partial charge in [0.25, 0.3) is 0 Å². The number of benzene rings is 2. The minimum Gasteiger partial charge on any atom is -0.423 e. The van der Waals surface area contributed by atoms with Crippen molar-refractivity contribution in [1.29, 1.82) is 0 Å². The van der Waals surface area contributed by atoms with Crippen molar-refractivity contribution in [3.8, 4) is 0 Å². The van der Waals surface area contributed by atoms with Crippen LogP contribution >= 0.6 is 35.0 Å². The molecular formula is C13H11BCl2O2S. The van der Waals surface area contributed by atoms with Gasteiger partial charge in [-0.2, -0.15) is 0 Å². The van der Waals surface area contributed by atoms with Crippen molar-refractivity contribution < 1.29 is 10.0 Å². The van der Waals surface area contributed by atoms with E-state index in [9.17, 15) is 0 Å². The normalized spacial score (nSPS) is 10.5. The lowest BCUT2D eigenvalue weighted by Crippen LogP contribution is -2.29. The van der Waals surface area contributed by atoms with Crippen LogP contribution < -0.4 is 5.46 Å². The van der Waals surface area contributed by atoms with Gasteiger partial charge in [0.15, 0.2) is 0 Å². The second-order valence-electron chi connectivity index (χ2n) is 3.98. The molecule has 6 heteroatoms. The number of thioether (sulfide) groups is 1. The molecule has 0 atom stereocenters. The second kappa shape index (κ2) is 6.68. The van der Waals surface area contributed by atoms with E-state index in [4.69, 9.17) is 33.2 Å². The van der Waals surface area contributed by atoms with Crippen LogP contribution in [0.3, 0.4) is 0 Å². The molecule has 2 nitrogen and oxygen atoms in total. The molecule has 0 aliphatic carbocycles. The minimum absolute atomic E-state index is 0.482. The minimum atomic E-state index is -1.44. The highest BCUT2D eigenvalue weighted by molar-refractivity contribution is 7.98. The molecule has 2 aromatic rings. The van der Waals surface area contributed by atoms with Gasteiger partial charge in [0.2, 0.25) is 0 Å². The predicted molar refractivity (Wildman–Crippen MR) is 82.3 cm³/mol. The Labute approximate surface area is 126 Å². The largest absolute Gasteiger partial charge is 0.488 e. The predicted octanol–water partition coefficient (Wildman–Crippen LogP) is 2.97. The summed E-state index contributed by atoms with van der Waals surface area (Å²) in [6, 6.07) is 12.5. The molecule has 0 saturated carbocycles. The average molecular weight is 313 g/mol. The van der Waals surface area contributed by atoms with E-state index in [1.165, 1.54) is 0 Å². The van der Waals surface area contributed by atoms with E-state index < -0.39 is 7.12 Å². The molecule has 0 saturated heterocycles. The summed E-state index contributed by atoms with van der Waals surface area (Å²) < 4.78 is 0. The summed E-state index contributed by atoms with van der Waals surface area (Å²) in [5.74, 6) is 0.681. The third-order valence-corrected chi connectivity index (χ3v) is 4.34. The Hall–Kier alpha value is -0.645. The molecule has 0 aliphatic heterocycles. The van der Waals surface area contributed by atoms with Crippen LogP contribution in [0.5, 0.6) is 0 Å². The van der Waals surface area contributed by atoms with Gasteiger partial charge in [-0.1, -0.05) is 47.5 Å². The summed E-state index contributed by atoms with van der Waals surface area (Å²) in [7, 11) is -1.44.